The molecular weight excluding hydrogens is 364 g/mol. The fourth-order valence-electron chi connectivity index (χ4n) is 4.74. The van der Waals surface area contributed by atoms with E-state index in [0.29, 0.717) is 37.4 Å². The number of amides is 1. The Balaban J connectivity index is 1.62. The van der Waals surface area contributed by atoms with Crippen LogP contribution in [0.25, 0.3) is 0 Å². The number of hydrogen-bond acceptors (Lipinski definition) is 4. The second kappa shape index (κ2) is 8.56. The van der Waals surface area contributed by atoms with Gasteiger partial charge in [-0.05, 0) is 57.0 Å². The van der Waals surface area contributed by atoms with Crippen molar-refractivity contribution in [3.63, 3.8) is 0 Å². The van der Waals surface area contributed by atoms with E-state index in [1.165, 1.54) is 0 Å². The van der Waals surface area contributed by atoms with Gasteiger partial charge in [0.2, 0.25) is 0 Å². The summed E-state index contributed by atoms with van der Waals surface area (Å²) in [6.45, 7) is 5.43. The van der Waals surface area contributed by atoms with E-state index in [1.807, 2.05) is 66.4 Å². The molecule has 29 heavy (non-hydrogen) atoms. The Bertz CT molecular complexity index is 835. The first kappa shape index (κ1) is 19.9. The number of para-hydroxylation sites is 1. The number of rotatable bonds is 5. The van der Waals surface area contributed by atoms with Gasteiger partial charge in [-0.25, -0.2) is 0 Å². The fraction of sp³-hybridized carbons (Fsp3) is 0.458. The van der Waals surface area contributed by atoms with Crippen LogP contribution in [-0.4, -0.2) is 59.6 Å². The van der Waals surface area contributed by atoms with E-state index in [0.717, 1.165) is 31.5 Å². The van der Waals surface area contributed by atoms with Crippen LogP contribution in [-0.2, 0) is 5.60 Å². The quantitative estimate of drug-likeness (QED) is 0.846. The molecule has 2 heterocycles. The molecule has 1 N–H and O–H groups in total. The predicted molar refractivity (Wildman–Crippen MR) is 113 cm³/mol. The van der Waals surface area contributed by atoms with Crippen LogP contribution in [0.3, 0.4) is 0 Å². The lowest BCUT2D eigenvalue weighted by Crippen LogP contribution is -2.61. The molecule has 0 bridgehead atoms. The molecule has 2 aliphatic rings. The lowest BCUT2D eigenvalue weighted by atomic mass is 9.79. The summed E-state index contributed by atoms with van der Waals surface area (Å²) in [7, 11) is 0. The Labute approximate surface area is 172 Å². The van der Waals surface area contributed by atoms with E-state index in [4.69, 9.17) is 4.74 Å². The number of benzene rings is 2. The number of hydrogen-bond donors (Lipinski definition) is 1. The van der Waals surface area contributed by atoms with E-state index in [9.17, 15) is 9.90 Å². The molecule has 2 aromatic carbocycles. The van der Waals surface area contributed by atoms with Crippen LogP contribution in [0, 0.1) is 0 Å². The van der Waals surface area contributed by atoms with Crippen LogP contribution in [0.5, 0.6) is 5.75 Å². The SMILES string of the molecule is CCOc1ccccc1C(=O)N1CC[C@](O)(c2ccccc2)[C@H](N2CCCC2)C1. The number of ether oxygens (including phenoxy) is 1. The van der Waals surface area contributed by atoms with Crippen molar-refractivity contribution in [1.29, 1.82) is 0 Å². The molecule has 0 aliphatic carbocycles. The number of carbonyl (C=O) groups excluding carboxylic acids is 1. The average Bonchev–Trinajstić information content (AvgIpc) is 3.29. The number of aliphatic hydroxyl groups is 1. The highest BCUT2D eigenvalue weighted by atomic mass is 16.5. The first-order chi connectivity index (χ1) is 14.1. The van der Waals surface area contributed by atoms with E-state index in [2.05, 4.69) is 4.90 Å². The summed E-state index contributed by atoms with van der Waals surface area (Å²) in [5.74, 6) is 0.606. The van der Waals surface area contributed by atoms with Gasteiger partial charge in [0.25, 0.3) is 5.91 Å². The van der Waals surface area contributed by atoms with Gasteiger partial charge in [-0.3, -0.25) is 9.69 Å². The molecule has 5 heteroatoms. The second-order valence-corrected chi connectivity index (χ2v) is 7.98. The number of carbonyl (C=O) groups is 1. The van der Waals surface area contributed by atoms with Crippen molar-refractivity contribution in [3.05, 3.63) is 65.7 Å². The van der Waals surface area contributed by atoms with Gasteiger partial charge in [0.05, 0.1) is 18.2 Å². The zero-order valence-corrected chi connectivity index (χ0v) is 17.1. The smallest absolute Gasteiger partial charge is 0.257 e. The van der Waals surface area contributed by atoms with Crippen LogP contribution >= 0.6 is 0 Å². The Kier molecular flexibility index (Phi) is 5.88. The Hall–Kier alpha value is -2.37. The lowest BCUT2D eigenvalue weighted by Gasteiger charge is -2.48. The van der Waals surface area contributed by atoms with Gasteiger partial charge in [-0.2, -0.15) is 0 Å². The summed E-state index contributed by atoms with van der Waals surface area (Å²) in [6, 6.07) is 17.3. The summed E-state index contributed by atoms with van der Waals surface area (Å²) in [5.41, 5.74) is 0.598. The summed E-state index contributed by atoms with van der Waals surface area (Å²) in [6.07, 6.45) is 2.81. The Morgan fingerprint density at radius 1 is 1.07 bits per heavy atom. The third-order valence-electron chi connectivity index (χ3n) is 6.27. The molecule has 0 aromatic heterocycles. The van der Waals surface area contributed by atoms with Gasteiger partial charge < -0.3 is 14.7 Å². The molecule has 2 aliphatic heterocycles. The van der Waals surface area contributed by atoms with Crippen LogP contribution in [0.1, 0.15) is 42.1 Å². The molecular formula is C24H30N2O3. The summed E-state index contributed by atoms with van der Waals surface area (Å²) in [5, 5.41) is 11.8. The normalized spacial score (nSPS) is 25.2. The largest absolute Gasteiger partial charge is 0.493 e. The standard InChI is InChI=1S/C24H30N2O3/c1-2-29-21-13-7-6-12-20(21)23(27)26-17-14-24(28,19-10-4-3-5-11-19)22(18-26)25-15-8-9-16-25/h3-7,10-13,22,28H,2,8-9,14-18H2,1H3/t22-,24+/m1/s1. The van der Waals surface area contributed by atoms with Gasteiger partial charge >= 0.3 is 0 Å². The number of likely N-dealkylation sites (tertiary alicyclic amines) is 2. The highest BCUT2D eigenvalue weighted by Gasteiger charge is 2.47. The minimum Gasteiger partial charge on any atom is -0.493 e. The van der Waals surface area contributed by atoms with E-state index in [1.54, 1.807) is 0 Å². The topological polar surface area (TPSA) is 53.0 Å². The van der Waals surface area contributed by atoms with Crippen LogP contribution in [0.4, 0.5) is 0 Å². The number of nitrogens with zero attached hydrogens (tertiary/aromatic N) is 2. The molecule has 5 nitrogen and oxygen atoms in total. The molecule has 1 amide bonds. The highest BCUT2D eigenvalue weighted by molar-refractivity contribution is 5.97. The average molecular weight is 395 g/mol. The van der Waals surface area contributed by atoms with Crippen molar-refractivity contribution < 1.29 is 14.6 Å². The maximum atomic E-state index is 13.3. The molecule has 0 radical (unpaired) electrons. The minimum absolute atomic E-state index is 0.0200. The summed E-state index contributed by atoms with van der Waals surface area (Å²) >= 11 is 0. The molecule has 2 fully saturated rings. The number of piperidine rings is 1. The first-order valence-corrected chi connectivity index (χ1v) is 10.7. The molecule has 0 spiro atoms. The van der Waals surface area contributed by atoms with Gasteiger partial charge in [0.15, 0.2) is 0 Å². The third kappa shape index (κ3) is 3.89. The molecule has 154 valence electrons. The molecule has 2 saturated heterocycles. The van der Waals surface area contributed by atoms with Gasteiger partial charge in [0.1, 0.15) is 11.4 Å². The van der Waals surface area contributed by atoms with E-state index < -0.39 is 5.60 Å². The lowest BCUT2D eigenvalue weighted by molar-refractivity contribution is -0.0878. The van der Waals surface area contributed by atoms with Crippen molar-refractivity contribution in [3.8, 4) is 5.75 Å². The second-order valence-electron chi connectivity index (χ2n) is 7.98. The van der Waals surface area contributed by atoms with Gasteiger partial charge in [0, 0.05) is 13.1 Å². The maximum Gasteiger partial charge on any atom is 0.257 e. The first-order valence-electron chi connectivity index (χ1n) is 10.7. The van der Waals surface area contributed by atoms with Gasteiger partial charge in [-0.1, -0.05) is 42.5 Å². The Morgan fingerprint density at radius 2 is 1.76 bits per heavy atom. The van der Waals surface area contributed by atoms with Crippen LogP contribution in [0.2, 0.25) is 0 Å². The Morgan fingerprint density at radius 3 is 2.48 bits per heavy atom. The van der Waals surface area contributed by atoms with Crippen molar-refractivity contribution >= 4 is 5.91 Å². The van der Waals surface area contributed by atoms with E-state index in [-0.39, 0.29) is 11.9 Å². The monoisotopic (exact) mass is 394 g/mol. The van der Waals surface area contributed by atoms with Crippen molar-refractivity contribution in [2.45, 2.75) is 37.8 Å². The zero-order chi connectivity index (χ0) is 20.3. The summed E-state index contributed by atoms with van der Waals surface area (Å²) < 4.78 is 5.68. The van der Waals surface area contributed by atoms with Crippen molar-refractivity contribution in [2.75, 3.05) is 32.8 Å². The van der Waals surface area contributed by atoms with Gasteiger partial charge in [-0.15, -0.1) is 0 Å². The van der Waals surface area contributed by atoms with Crippen LogP contribution < -0.4 is 4.74 Å². The maximum absolute atomic E-state index is 13.3. The molecule has 2 atom stereocenters. The molecule has 0 saturated carbocycles. The molecule has 2 aromatic rings. The van der Waals surface area contributed by atoms with Crippen LogP contribution in [0.15, 0.2) is 54.6 Å². The van der Waals surface area contributed by atoms with E-state index >= 15 is 0 Å². The van der Waals surface area contributed by atoms with Crippen molar-refractivity contribution in [2.24, 2.45) is 0 Å². The highest BCUT2D eigenvalue weighted by Crippen LogP contribution is 2.38. The third-order valence-corrected chi connectivity index (χ3v) is 6.27. The van der Waals surface area contributed by atoms with Crippen molar-refractivity contribution in [1.82, 2.24) is 9.80 Å². The summed E-state index contributed by atoms with van der Waals surface area (Å²) in [4.78, 5) is 17.6. The fourth-order valence-corrected chi connectivity index (χ4v) is 4.74. The zero-order valence-electron chi connectivity index (χ0n) is 17.1. The minimum atomic E-state index is -0.943. The molecule has 4 rings (SSSR count). The predicted octanol–water partition coefficient (Wildman–Crippen LogP) is 3.28. The molecule has 0 unspecified atom stereocenters.